The lowest BCUT2D eigenvalue weighted by atomic mass is 10.0. The van der Waals surface area contributed by atoms with Gasteiger partial charge in [0.1, 0.15) is 0 Å². The van der Waals surface area contributed by atoms with Crippen molar-refractivity contribution in [2.24, 2.45) is 0 Å². The number of pyridine rings is 1. The van der Waals surface area contributed by atoms with E-state index in [0.717, 1.165) is 14.7 Å². The Morgan fingerprint density at radius 2 is 1.81 bits per heavy atom. The number of fused-ring (bicyclic) bond motifs is 1. The average molecular weight is 389 g/mol. The quantitative estimate of drug-likeness (QED) is 0.656. The summed E-state index contributed by atoms with van der Waals surface area (Å²) in [5, 5.41) is 10.1. The van der Waals surface area contributed by atoms with Gasteiger partial charge in [-0.1, -0.05) is 23.8 Å². The van der Waals surface area contributed by atoms with Crippen molar-refractivity contribution in [1.29, 1.82) is 0 Å². The number of carbonyl (C=O) groups is 1. The molecule has 0 fully saturated rings. The summed E-state index contributed by atoms with van der Waals surface area (Å²) < 4.78 is 1.13. The minimum absolute atomic E-state index is 0.289. The maximum Gasteiger partial charge on any atom is 0.336 e. The van der Waals surface area contributed by atoms with Crippen molar-refractivity contribution in [2.75, 3.05) is 0 Å². The summed E-state index contributed by atoms with van der Waals surface area (Å²) in [6.45, 7) is 1.94. The highest BCUT2D eigenvalue weighted by Gasteiger charge is 2.13. The molecule has 1 heterocycles. The van der Waals surface area contributed by atoms with Gasteiger partial charge in [-0.05, 0) is 59.8 Å². The van der Waals surface area contributed by atoms with Crippen LogP contribution in [0.15, 0.2) is 48.5 Å². The molecule has 0 amide bonds. The van der Waals surface area contributed by atoms with E-state index in [-0.39, 0.29) is 5.56 Å². The normalized spacial score (nSPS) is 10.8. The van der Waals surface area contributed by atoms with Gasteiger partial charge in [-0.2, -0.15) is 0 Å². The predicted octanol–water partition coefficient (Wildman–Crippen LogP) is 4.51. The van der Waals surface area contributed by atoms with Crippen LogP contribution in [0.25, 0.3) is 22.2 Å². The smallest absolute Gasteiger partial charge is 0.336 e. The number of hydrogen-bond donors (Lipinski definition) is 1. The Kier molecular flexibility index (Phi) is 3.63. The molecule has 21 heavy (non-hydrogen) atoms. The number of halogens is 1. The van der Waals surface area contributed by atoms with E-state index >= 15 is 0 Å². The minimum Gasteiger partial charge on any atom is -0.478 e. The van der Waals surface area contributed by atoms with Gasteiger partial charge in [-0.15, -0.1) is 0 Å². The molecule has 1 aromatic heterocycles. The van der Waals surface area contributed by atoms with E-state index in [4.69, 9.17) is 0 Å². The van der Waals surface area contributed by atoms with Gasteiger partial charge < -0.3 is 5.11 Å². The number of carboxylic acid groups (broad SMARTS) is 1. The fourth-order valence-corrected chi connectivity index (χ4v) is 2.64. The molecule has 0 aliphatic rings. The topological polar surface area (TPSA) is 50.2 Å². The first-order valence-corrected chi connectivity index (χ1v) is 7.53. The molecule has 1 N–H and O–H groups in total. The number of hydrogen-bond acceptors (Lipinski definition) is 2. The third-order valence-electron chi connectivity index (χ3n) is 3.33. The fourth-order valence-electron chi connectivity index (χ4n) is 2.29. The van der Waals surface area contributed by atoms with Gasteiger partial charge >= 0.3 is 5.97 Å². The predicted molar refractivity (Wildman–Crippen MR) is 91.6 cm³/mol. The van der Waals surface area contributed by atoms with Crippen LogP contribution < -0.4 is 0 Å². The van der Waals surface area contributed by atoms with Crippen LogP contribution in [0, 0.1) is 10.5 Å². The molecule has 0 bridgehead atoms. The zero-order valence-electron chi connectivity index (χ0n) is 11.3. The van der Waals surface area contributed by atoms with Gasteiger partial charge in [-0.3, -0.25) is 0 Å². The third-order valence-corrected chi connectivity index (χ3v) is 4.05. The van der Waals surface area contributed by atoms with Crippen molar-refractivity contribution in [3.05, 3.63) is 63.2 Å². The van der Waals surface area contributed by atoms with Crippen molar-refractivity contribution < 1.29 is 9.90 Å². The lowest BCUT2D eigenvalue weighted by molar-refractivity contribution is 0.0699. The van der Waals surface area contributed by atoms with Gasteiger partial charge in [0.25, 0.3) is 0 Å². The second-order valence-corrected chi connectivity index (χ2v) is 6.13. The standard InChI is InChI=1S/C17H12INO2/c1-10-2-7-15-13(8-10)14(17(20)21)9-16(19-15)11-3-5-12(18)6-4-11/h2-9H,1H3,(H,20,21). The molecule has 3 aromatic rings. The molecule has 0 radical (unpaired) electrons. The zero-order chi connectivity index (χ0) is 15.0. The van der Waals surface area contributed by atoms with Crippen LogP contribution in [0.4, 0.5) is 0 Å². The summed E-state index contributed by atoms with van der Waals surface area (Å²) in [7, 11) is 0. The van der Waals surface area contributed by atoms with Crippen molar-refractivity contribution in [2.45, 2.75) is 6.92 Å². The highest BCUT2D eigenvalue weighted by molar-refractivity contribution is 14.1. The molecule has 0 atom stereocenters. The Labute approximate surface area is 135 Å². The Morgan fingerprint density at radius 1 is 1.10 bits per heavy atom. The van der Waals surface area contributed by atoms with E-state index < -0.39 is 5.97 Å². The number of aromatic nitrogens is 1. The summed E-state index contributed by atoms with van der Waals surface area (Å²) in [6.07, 6.45) is 0. The number of aromatic carboxylic acids is 1. The van der Waals surface area contributed by atoms with Gasteiger partial charge in [0, 0.05) is 14.5 Å². The number of nitrogens with zero attached hydrogens (tertiary/aromatic N) is 1. The molecule has 0 saturated heterocycles. The maximum absolute atomic E-state index is 11.5. The zero-order valence-corrected chi connectivity index (χ0v) is 13.5. The lowest BCUT2D eigenvalue weighted by Crippen LogP contribution is -2.00. The second-order valence-electron chi connectivity index (χ2n) is 4.89. The Balaban J connectivity index is 2.28. The van der Waals surface area contributed by atoms with Crippen molar-refractivity contribution in [3.8, 4) is 11.3 Å². The third kappa shape index (κ3) is 2.76. The molecule has 3 rings (SSSR count). The van der Waals surface area contributed by atoms with Crippen LogP contribution in [0.5, 0.6) is 0 Å². The molecule has 0 spiro atoms. The summed E-state index contributed by atoms with van der Waals surface area (Å²) in [6, 6.07) is 15.2. The Bertz CT molecular complexity index is 841. The van der Waals surface area contributed by atoms with E-state index in [0.29, 0.717) is 16.6 Å². The second kappa shape index (κ2) is 5.44. The van der Waals surface area contributed by atoms with Crippen LogP contribution in [0.1, 0.15) is 15.9 Å². The van der Waals surface area contributed by atoms with Gasteiger partial charge in [0.05, 0.1) is 16.8 Å². The largest absolute Gasteiger partial charge is 0.478 e. The first-order valence-electron chi connectivity index (χ1n) is 6.45. The first-order chi connectivity index (χ1) is 10.0. The molecule has 0 saturated carbocycles. The first kappa shape index (κ1) is 14.0. The van der Waals surface area contributed by atoms with Crippen LogP contribution in [-0.4, -0.2) is 16.1 Å². The summed E-state index contributed by atoms with van der Waals surface area (Å²) >= 11 is 2.24. The molecule has 0 aliphatic heterocycles. The Hall–Kier alpha value is -1.95. The highest BCUT2D eigenvalue weighted by atomic mass is 127. The van der Waals surface area contributed by atoms with Crippen molar-refractivity contribution >= 4 is 39.5 Å². The van der Waals surface area contributed by atoms with E-state index in [9.17, 15) is 9.90 Å². The molecule has 3 nitrogen and oxygen atoms in total. The SMILES string of the molecule is Cc1ccc2nc(-c3ccc(I)cc3)cc(C(=O)O)c2c1. The number of benzene rings is 2. The summed E-state index contributed by atoms with van der Waals surface area (Å²) in [4.78, 5) is 16.1. The molecule has 0 aliphatic carbocycles. The average Bonchev–Trinajstić information content (AvgIpc) is 2.46. The number of aryl methyl sites for hydroxylation is 1. The number of carboxylic acids is 1. The summed E-state index contributed by atoms with van der Waals surface area (Å²) in [5.74, 6) is -0.931. The molecule has 104 valence electrons. The van der Waals surface area contributed by atoms with Gasteiger partial charge in [-0.25, -0.2) is 9.78 Å². The monoisotopic (exact) mass is 389 g/mol. The van der Waals surface area contributed by atoms with Gasteiger partial charge in [0.2, 0.25) is 0 Å². The van der Waals surface area contributed by atoms with E-state index in [2.05, 4.69) is 27.6 Å². The van der Waals surface area contributed by atoms with E-state index in [1.54, 1.807) is 6.07 Å². The lowest BCUT2D eigenvalue weighted by Gasteiger charge is -2.08. The van der Waals surface area contributed by atoms with E-state index in [1.807, 2.05) is 49.4 Å². The molecular weight excluding hydrogens is 377 g/mol. The minimum atomic E-state index is -0.931. The molecule has 4 heteroatoms. The Morgan fingerprint density at radius 3 is 2.48 bits per heavy atom. The molecule has 2 aromatic carbocycles. The van der Waals surface area contributed by atoms with Crippen molar-refractivity contribution in [3.63, 3.8) is 0 Å². The molecule has 0 unspecified atom stereocenters. The van der Waals surface area contributed by atoms with Crippen LogP contribution in [0.2, 0.25) is 0 Å². The summed E-state index contributed by atoms with van der Waals surface area (Å²) in [5.41, 5.74) is 3.61. The van der Waals surface area contributed by atoms with Crippen LogP contribution in [-0.2, 0) is 0 Å². The molecular formula is C17H12INO2. The van der Waals surface area contributed by atoms with Crippen LogP contribution >= 0.6 is 22.6 Å². The highest BCUT2D eigenvalue weighted by Crippen LogP contribution is 2.26. The van der Waals surface area contributed by atoms with E-state index in [1.165, 1.54) is 0 Å². The van der Waals surface area contributed by atoms with Crippen LogP contribution in [0.3, 0.4) is 0 Å². The fraction of sp³-hybridized carbons (Fsp3) is 0.0588. The maximum atomic E-state index is 11.5. The van der Waals surface area contributed by atoms with Crippen molar-refractivity contribution in [1.82, 2.24) is 4.98 Å². The van der Waals surface area contributed by atoms with Gasteiger partial charge in [0.15, 0.2) is 0 Å². The number of rotatable bonds is 2.